The number of para-hydroxylation sites is 1. The van der Waals surface area contributed by atoms with E-state index in [2.05, 4.69) is 20.7 Å². The molecule has 0 saturated carbocycles. The molecule has 1 atom stereocenters. The summed E-state index contributed by atoms with van der Waals surface area (Å²) in [6.07, 6.45) is 0. The molecular formula is C19H16ClN5O2. The molecule has 0 aliphatic rings. The number of rotatable bonds is 5. The maximum Gasteiger partial charge on any atom is 0.244 e. The average molecular weight is 382 g/mol. The Morgan fingerprint density at radius 3 is 2.81 bits per heavy atom. The first kappa shape index (κ1) is 17.2. The predicted molar refractivity (Wildman–Crippen MR) is 101 cm³/mol. The third kappa shape index (κ3) is 3.68. The number of hydrogen-bond donors (Lipinski definition) is 1. The highest BCUT2D eigenvalue weighted by Crippen LogP contribution is 2.24. The van der Waals surface area contributed by atoms with Gasteiger partial charge in [-0.15, -0.1) is 10.2 Å². The SMILES string of the molecule is C[C@H](NC(=O)Cn1nnc(-c2ccccc2Cl)n1)c1cc2ccccc2o1. The Labute approximate surface area is 159 Å². The molecule has 2 heterocycles. The first-order valence-corrected chi connectivity index (χ1v) is 8.78. The zero-order valence-electron chi connectivity index (χ0n) is 14.5. The van der Waals surface area contributed by atoms with Gasteiger partial charge in [-0.2, -0.15) is 4.80 Å². The van der Waals surface area contributed by atoms with Crippen molar-refractivity contribution in [1.29, 1.82) is 0 Å². The number of fused-ring (bicyclic) bond motifs is 1. The molecule has 0 spiro atoms. The highest BCUT2D eigenvalue weighted by molar-refractivity contribution is 6.33. The summed E-state index contributed by atoms with van der Waals surface area (Å²) in [7, 11) is 0. The van der Waals surface area contributed by atoms with Crippen LogP contribution in [0.2, 0.25) is 5.02 Å². The quantitative estimate of drug-likeness (QED) is 0.570. The van der Waals surface area contributed by atoms with Crippen LogP contribution in [-0.2, 0) is 11.3 Å². The van der Waals surface area contributed by atoms with E-state index in [0.717, 1.165) is 11.0 Å². The lowest BCUT2D eigenvalue weighted by Crippen LogP contribution is -2.30. The molecular weight excluding hydrogens is 366 g/mol. The Morgan fingerprint density at radius 1 is 1.22 bits per heavy atom. The summed E-state index contributed by atoms with van der Waals surface area (Å²) >= 11 is 6.14. The molecule has 0 radical (unpaired) electrons. The van der Waals surface area contributed by atoms with Gasteiger partial charge in [0.2, 0.25) is 11.7 Å². The van der Waals surface area contributed by atoms with Crippen molar-refractivity contribution in [1.82, 2.24) is 25.5 Å². The molecule has 4 aromatic rings. The van der Waals surface area contributed by atoms with E-state index in [0.29, 0.717) is 22.2 Å². The van der Waals surface area contributed by atoms with Crippen LogP contribution in [0.5, 0.6) is 0 Å². The lowest BCUT2D eigenvalue weighted by atomic mass is 10.2. The summed E-state index contributed by atoms with van der Waals surface area (Å²) in [6.45, 7) is 1.81. The number of furan rings is 1. The highest BCUT2D eigenvalue weighted by atomic mass is 35.5. The Kier molecular flexibility index (Phi) is 4.60. The largest absolute Gasteiger partial charge is 0.459 e. The van der Waals surface area contributed by atoms with Gasteiger partial charge < -0.3 is 9.73 Å². The van der Waals surface area contributed by atoms with Crippen molar-refractivity contribution >= 4 is 28.5 Å². The van der Waals surface area contributed by atoms with Gasteiger partial charge in [0, 0.05) is 10.9 Å². The van der Waals surface area contributed by atoms with Gasteiger partial charge >= 0.3 is 0 Å². The van der Waals surface area contributed by atoms with Crippen molar-refractivity contribution in [3.63, 3.8) is 0 Å². The monoisotopic (exact) mass is 381 g/mol. The molecule has 27 heavy (non-hydrogen) atoms. The Morgan fingerprint density at radius 2 is 2.00 bits per heavy atom. The molecule has 7 nitrogen and oxygen atoms in total. The van der Waals surface area contributed by atoms with Crippen LogP contribution in [0.4, 0.5) is 0 Å². The van der Waals surface area contributed by atoms with Crippen molar-refractivity contribution in [2.75, 3.05) is 0 Å². The van der Waals surface area contributed by atoms with Crippen LogP contribution in [0.1, 0.15) is 18.7 Å². The summed E-state index contributed by atoms with van der Waals surface area (Å²) < 4.78 is 5.78. The fourth-order valence-electron chi connectivity index (χ4n) is 2.76. The molecule has 0 saturated heterocycles. The molecule has 2 aromatic heterocycles. The van der Waals surface area contributed by atoms with Gasteiger partial charge in [-0.25, -0.2) is 0 Å². The maximum atomic E-state index is 12.3. The zero-order valence-corrected chi connectivity index (χ0v) is 15.2. The minimum atomic E-state index is -0.281. The molecule has 0 fully saturated rings. The van der Waals surface area contributed by atoms with Crippen molar-refractivity contribution in [3.8, 4) is 11.4 Å². The minimum absolute atomic E-state index is 0.0536. The highest BCUT2D eigenvalue weighted by Gasteiger charge is 2.16. The molecule has 1 N–H and O–H groups in total. The fourth-order valence-corrected chi connectivity index (χ4v) is 2.98. The van der Waals surface area contributed by atoms with Crippen LogP contribution >= 0.6 is 11.6 Å². The minimum Gasteiger partial charge on any atom is -0.459 e. The number of benzene rings is 2. The second-order valence-corrected chi connectivity index (χ2v) is 6.51. The van der Waals surface area contributed by atoms with E-state index in [4.69, 9.17) is 16.0 Å². The molecule has 0 aliphatic heterocycles. The van der Waals surface area contributed by atoms with E-state index in [-0.39, 0.29) is 18.5 Å². The molecule has 4 rings (SSSR count). The summed E-state index contributed by atoms with van der Waals surface area (Å²) in [5, 5.41) is 16.5. The third-order valence-corrected chi connectivity index (χ3v) is 4.43. The Hall–Kier alpha value is -3.19. The number of tetrazole rings is 1. The van der Waals surface area contributed by atoms with Crippen LogP contribution < -0.4 is 5.32 Å². The predicted octanol–water partition coefficient (Wildman–Crippen LogP) is 3.62. The summed E-state index contributed by atoms with van der Waals surface area (Å²) in [5.74, 6) is 0.817. The topological polar surface area (TPSA) is 85.8 Å². The molecule has 0 aliphatic carbocycles. The van der Waals surface area contributed by atoms with Gasteiger partial charge in [0.25, 0.3) is 0 Å². The van der Waals surface area contributed by atoms with Crippen LogP contribution in [0.15, 0.2) is 59.0 Å². The summed E-state index contributed by atoms with van der Waals surface area (Å²) in [5.41, 5.74) is 1.46. The van der Waals surface area contributed by atoms with Crippen molar-refractivity contribution in [2.24, 2.45) is 0 Å². The number of hydrogen-bond acceptors (Lipinski definition) is 5. The van der Waals surface area contributed by atoms with Gasteiger partial charge in [0.15, 0.2) is 0 Å². The second kappa shape index (κ2) is 7.20. The van der Waals surface area contributed by atoms with Crippen molar-refractivity contribution in [3.05, 3.63) is 65.4 Å². The number of nitrogens with zero attached hydrogens (tertiary/aromatic N) is 4. The van der Waals surface area contributed by atoms with E-state index in [1.807, 2.05) is 49.4 Å². The van der Waals surface area contributed by atoms with Crippen molar-refractivity contribution in [2.45, 2.75) is 19.5 Å². The Balaban J connectivity index is 1.43. The van der Waals surface area contributed by atoms with E-state index in [9.17, 15) is 4.79 Å². The van der Waals surface area contributed by atoms with Gasteiger partial charge in [-0.1, -0.05) is 41.9 Å². The average Bonchev–Trinajstić information content (AvgIpc) is 3.28. The molecule has 1 amide bonds. The molecule has 8 heteroatoms. The maximum absolute atomic E-state index is 12.3. The van der Waals surface area contributed by atoms with Crippen LogP contribution in [0.25, 0.3) is 22.4 Å². The van der Waals surface area contributed by atoms with Crippen molar-refractivity contribution < 1.29 is 9.21 Å². The van der Waals surface area contributed by atoms with E-state index >= 15 is 0 Å². The van der Waals surface area contributed by atoms with Gasteiger partial charge in [-0.05, 0) is 36.4 Å². The van der Waals surface area contributed by atoms with E-state index < -0.39 is 0 Å². The normalized spacial score (nSPS) is 12.2. The van der Waals surface area contributed by atoms with E-state index in [1.165, 1.54) is 4.80 Å². The standard InChI is InChI=1S/C19H16ClN5O2/c1-12(17-10-13-6-2-5-9-16(13)27-17)21-18(26)11-25-23-19(22-24-25)14-7-3-4-8-15(14)20/h2-10,12H,11H2,1H3,(H,21,26)/t12-/m0/s1. The number of halogens is 1. The smallest absolute Gasteiger partial charge is 0.244 e. The Bertz CT molecular complexity index is 1070. The van der Waals surface area contributed by atoms with Gasteiger partial charge in [0.05, 0.1) is 11.1 Å². The van der Waals surface area contributed by atoms with Crippen LogP contribution in [-0.4, -0.2) is 26.1 Å². The number of aromatic nitrogens is 4. The molecule has 2 aromatic carbocycles. The van der Waals surface area contributed by atoms with E-state index in [1.54, 1.807) is 12.1 Å². The number of amides is 1. The summed E-state index contributed by atoms with van der Waals surface area (Å²) in [6, 6.07) is 16.6. The van der Waals surface area contributed by atoms with Crippen LogP contribution in [0.3, 0.4) is 0 Å². The second-order valence-electron chi connectivity index (χ2n) is 6.10. The zero-order chi connectivity index (χ0) is 18.8. The number of carbonyl (C=O) groups is 1. The first-order chi connectivity index (χ1) is 13.1. The molecule has 0 bridgehead atoms. The van der Waals surface area contributed by atoms with Gasteiger partial charge in [-0.3, -0.25) is 4.79 Å². The third-order valence-electron chi connectivity index (χ3n) is 4.10. The first-order valence-electron chi connectivity index (χ1n) is 8.41. The van der Waals surface area contributed by atoms with Crippen LogP contribution in [0, 0.1) is 0 Å². The fraction of sp³-hybridized carbons (Fsp3) is 0.158. The lowest BCUT2D eigenvalue weighted by Gasteiger charge is -2.10. The number of nitrogens with one attached hydrogen (secondary N) is 1. The van der Waals surface area contributed by atoms with Gasteiger partial charge in [0.1, 0.15) is 17.9 Å². The number of carbonyl (C=O) groups excluding carboxylic acids is 1. The molecule has 0 unspecified atom stereocenters. The summed E-state index contributed by atoms with van der Waals surface area (Å²) in [4.78, 5) is 13.6. The molecule has 136 valence electrons. The lowest BCUT2D eigenvalue weighted by molar-refractivity contribution is -0.122.